The topological polar surface area (TPSA) is 180 Å². The Balaban J connectivity index is 1.65. The molecule has 3 N–H and O–H groups in total. The third-order valence-electron chi connectivity index (χ3n) is 5.69. The Morgan fingerprint density at radius 3 is 2.61 bits per heavy atom. The number of aromatic amines is 2. The third-order valence-corrected chi connectivity index (χ3v) is 5.69. The molecule has 0 aliphatic rings. The van der Waals surface area contributed by atoms with E-state index in [1.807, 2.05) is 0 Å². The highest BCUT2D eigenvalue weighted by atomic mass is 16.1. The van der Waals surface area contributed by atoms with Gasteiger partial charge in [0.15, 0.2) is 17.5 Å². The van der Waals surface area contributed by atoms with Crippen molar-refractivity contribution in [2.75, 3.05) is 24.3 Å². The lowest BCUT2D eigenvalue weighted by Gasteiger charge is -2.19. The van der Waals surface area contributed by atoms with Gasteiger partial charge in [-0.05, 0) is 37.3 Å². The fourth-order valence-corrected chi connectivity index (χ4v) is 3.85. The Bertz CT molecular complexity index is 1830. The van der Waals surface area contributed by atoms with E-state index in [-0.39, 0.29) is 17.1 Å². The van der Waals surface area contributed by atoms with Crippen molar-refractivity contribution < 1.29 is 0 Å². The van der Waals surface area contributed by atoms with Gasteiger partial charge in [0.05, 0.1) is 22.8 Å². The van der Waals surface area contributed by atoms with Crippen LogP contribution >= 0.6 is 0 Å². The summed E-state index contributed by atoms with van der Waals surface area (Å²) < 4.78 is 1.41. The van der Waals surface area contributed by atoms with E-state index in [1.165, 1.54) is 10.9 Å². The molecule has 5 rings (SSSR count). The molecular weight excluding hydrogens is 484 g/mol. The average molecular weight is 505 g/mol. The number of anilines is 3. The van der Waals surface area contributed by atoms with Crippen LogP contribution in [0.5, 0.6) is 0 Å². The summed E-state index contributed by atoms with van der Waals surface area (Å²) in [5, 5.41) is 35.8. The number of fused-ring (bicyclic) bond motifs is 1. The van der Waals surface area contributed by atoms with E-state index in [4.69, 9.17) is 0 Å². The highest BCUT2D eigenvalue weighted by Crippen LogP contribution is 2.37. The molecule has 4 aromatic heterocycles. The van der Waals surface area contributed by atoms with Gasteiger partial charge in [-0.25, -0.2) is 14.8 Å². The van der Waals surface area contributed by atoms with Gasteiger partial charge in [-0.15, -0.1) is 10.2 Å². The van der Waals surface area contributed by atoms with Crippen LogP contribution in [-0.4, -0.2) is 43.8 Å². The van der Waals surface area contributed by atoms with Crippen molar-refractivity contribution in [2.45, 2.75) is 6.92 Å². The minimum Gasteiger partial charge on any atom is -0.362 e. The molecule has 0 aliphatic heterocycles. The largest absolute Gasteiger partial charge is 0.362 e. The van der Waals surface area contributed by atoms with Crippen molar-refractivity contribution >= 4 is 39.9 Å². The van der Waals surface area contributed by atoms with E-state index >= 15 is 0 Å². The molecule has 0 amide bonds. The van der Waals surface area contributed by atoms with E-state index in [2.05, 4.69) is 52.7 Å². The molecular formula is C25H20N12O. The van der Waals surface area contributed by atoms with Crippen molar-refractivity contribution in [3.8, 4) is 18.0 Å². The van der Waals surface area contributed by atoms with Crippen LogP contribution in [0, 0.1) is 29.6 Å². The van der Waals surface area contributed by atoms with Crippen LogP contribution in [0.4, 0.5) is 28.8 Å². The normalized spacial score (nSPS) is 11.0. The Morgan fingerprint density at radius 2 is 1.89 bits per heavy atom. The Morgan fingerprint density at radius 1 is 1.08 bits per heavy atom. The first kappa shape index (κ1) is 23.9. The van der Waals surface area contributed by atoms with Crippen LogP contribution in [0.2, 0.25) is 0 Å². The lowest BCUT2D eigenvalue weighted by Crippen LogP contribution is -2.14. The number of benzene rings is 1. The molecule has 0 radical (unpaired) electrons. The van der Waals surface area contributed by atoms with Crippen molar-refractivity contribution in [1.82, 2.24) is 29.7 Å². The SMILES string of the molecule is Cc1c(C#N)c(N(C)C)nc(Nc2ccc3[nH]c(=O)[nH]c3c2)c1/N=N/c1c(C#N)cnn1-c1ccccn1. The zero-order valence-corrected chi connectivity index (χ0v) is 20.6. The number of rotatable bonds is 6. The zero-order valence-electron chi connectivity index (χ0n) is 20.6. The monoisotopic (exact) mass is 504 g/mol. The number of imidazole rings is 1. The first-order valence-corrected chi connectivity index (χ1v) is 11.3. The summed E-state index contributed by atoms with van der Waals surface area (Å²) in [6.07, 6.45) is 2.99. The summed E-state index contributed by atoms with van der Waals surface area (Å²) in [6, 6.07) is 14.8. The molecule has 0 saturated heterocycles. The zero-order chi connectivity index (χ0) is 26.8. The highest BCUT2D eigenvalue weighted by Gasteiger charge is 2.20. The van der Waals surface area contributed by atoms with Crippen molar-refractivity contribution in [1.29, 1.82) is 10.5 Å². The molecule has 0 fully saturated rings. The maximum absolute atomic E-state index is 11.7. The number of hydrogen-bond donors (Lipinski definition) is 3. The van der Waals surface area contributed by atoms with E-state index in [9.17, 15) is 15.3 Å². The summed E-state index contributed by atoms with van der Waals surface area (Å²) in [5.74, 6) is 1.41. The molecule has 0 atom stereocenters. The third kappa shape index (κ3) is 4.31. The Labute approximate surface area is 215 Å². The van der Waals surface area contributed by atoms with Gasteiger partial charge in [-0.3, -0.25) is 0 Å². The molecule has 0 bridgehead atoms. The molecule has 186 valence electrons. The number of nitriles is 2. The minimum absolute atomic E-state index is 0.179. The molecule has 5 aromatic rings. The fourth-order valence-electron chi connectivity index (χ4n) is 3.85. The number of hydrogen-bond acceptors (Lipinski definition) is 10. The van der Waals surface area contributed by atoms with E-state index in [0.717, 1.165) is 0 Å². The quantitative estimate of drug-likeness (QED) is 0.289. The Hall–Kier alpha value is -5.82. The second kappa shape index (κ2) is 9.67. The molecule has 1 aromatic carbocycles. The summed E-state index contributed by atoms with van der Waals surface area (Å²) >= 11 is 0. The second-order valence-electron chi connectivity index (χ2n) is 8.40. The predicted octanol–water partition coefficient (Wildman–Crippen LogP) is 4.11. The van der Waals surface area contributed by atoms with E-state index in [1.54, 1.807) is 68.5 Å². The van der Waals surface area contributed by atoms with Gasteiger partial charge in [0.2, 0.25) is 0 Å². The number of H-pyrrole nitrogens is 2. The molecule has 0 aliphatic carbocycles. The first-order chi connectivity index (χ1) is 18.4. The smallest absolute Gasteiger partial charge is 0.323 e. The van der Waals surface area contributed by atoms with Crippen molar-refractivity contribution in [3.63, 3.8) is 0 Å². The lowest BCUT2D eigenvalue weighted by atomic mass is 10.1. The van der Waals surface area contributed by atoms with Gasteiger partial charge in [-0.1, -0.05) is 6.07 Å². The number of azo groups is 1. The van der Waals surface area contributed by atoms with E-state index in [0.29, 0.717) is 51.0 Å². The number of aromatic nitrogens is 6. The van der Waals surface area contributed by atoms with Crippen LogP contribution < -0.4 is 15.9 Å². The summed E-state index contributed by atoms with van der Waals surface area (Å²) in [6.45, 7) is 1.75. The van der Waals surface area contributed by atoms with Crippen LogP contribution in [-0.2, 0) is 0 Å². The Kier molecular flexibility index (Phi) is 6.08. The first-order valence-electron chi connectivity index (χ1n) is 11.3. The van der Waals surface area contributed by atoms with Gasteiger partial charge in [0, 0.05) is 31.5 Å². The van der Waals surface area contributed by atoms with Crippen molar-refractivity contribution in [2.24, 2.45) is 10.2 Å². The molecule has 0 unspecified atom stereocenters. The highest BCUT2D eigenvalue weighted by molar-refractivity contribution is 5.83. The van der Waals surface area contributed by atoms with Crippen molar-refractivity contribution in [3.05, 3.63) is 76.0 Å². The van der Waals surface area contributed by atoms with Crippen LogP contribution in [0.15, 0.2) is 63.8 Å². The molecule has 38 heavy (non-hydrogen) atoms. The summed E-state index contributed by atoms with van der Waals surface area (Å²) in [7, 11) is 3.57. The second-order valence-corrected chi connectivity index (χ2v) is 8.40. The summed E-state index contributed by atoms with van der Waals surface area (Å²) in [4.78, 5) is 27.8. The van der Waals surface area contributed by atoms with Gasteiger partial charge < -0.3 is 20.2 Å². The predicted molar refractivity (Wildman–Crippen MR) is 140 cm³/mol. The number of nitrogens with one attached hydrogen (secondary N) is 3. The molecule has 13 nitrogen and oxygen atoms in total. The minimum atomic E-state index is -0.313. The lowest BCUT2D eigenvalue weighted by molar-refractivity contribution is 0.839. The maximum atomic E-state index is 11.7. The molecule has 13 heteroatoms. The molecule has 0 saturated carbocycles. The standard InChI is InChI=1S/C25H20N12O/c1-14-17(12-27)24(36(2)3)33-22(30-16-7-8-18-19(10-16)32-25(38)31-18)21(14)34-35-23-15(11-26)13-29-37(23)20-6-4-5-9-28-20/h4-10,13H,1-3H3,(H,30,33)(H2,31,32,38)/b35-34+. The van der Waals surface area contributed by atoms with Crippen LogP contribution in [0.25, 0.3) is 16.9 Å². The average Bonchev–Trinajstić information content (AvgIpc) is 3.50. The van der Waals surface area contributed by atoms with E-state index < -0.39 is 0 Å². The molecule has 0 spiro atoms. The van der Waals surface area contributed by atoms with Gasteiger partial charge in [0.25, 0.3) is 0 Å². The summed E-state index contributed by atoms with van der Waals surface area (Å²) in [5.41, 5.74) is 2.95. The van der Waals surface area contributed by atoms with Crippen LogP contribution in [0.1, 0.15) is 16.7 Å². The van der Waals surface area contributed by atoms with Gasteiger partial charge in [-0.2, -0.15) is 20.3 Å². The maximum Gasteiger partial charge on any atom is 0.323 e. The number of pyridine rings is 2. The van der Waals surface area contributed by atoms with Gasteiger partial charge >= 0.3 is 5.69 Å². The van der Waals surface area contributed by atoms with Gasteiger partial charge in [0.1, 0.15) is 29.2 Å². The molecule has 4 heterocycles. The fraction of sp³-hybridized carbons (Fsp3) is 0.120. The number of nitrogens with zero attached hydrogens (tertiary/aromatic N) is 9. The van der Waals surface area contributed by atoms with Crippen LogP contribution in [0.3, 0.4) is 0 Å².